The molecule has 0 saturated heterocycles. The van der Waals surface area contributed by atoms with Crippen molar-refractivity contribution in [3.05, 3.63) is 51.3 Å². The van der Waals surface area contributed by atoms with Gasteiger partial charge in [-0.25, -0.2) is 14.2 Å². The summed E-state index contributed by atoms with van der Waals surface area (Å²) in [4.78, 5) is 14.8. The van der Waals surface area contributed by atoms with Crippen molar-refractivity contribution in [1.82, 2.24) is 4.98 Å². The van der Waals surface area contributed by atoms with E-state index in [4.69, 9.17) is 16.7 Å². The second-order valence-corrected chi connectivity index (χ2v) is 4.93. The topological polar surface area (TPSA) is 62.2 Å². The van der Waals surface area contributed by atoms with E-state index in [-0.39, 0.29) is 22.1 Å². The van der Waals surface area contributed by atoms with Crippen molar-refractivity contribution in [3.63, 3.8) is 0 Å². The van der Waals surface area contributed by atoms with Gasteiger partial charge >= 0.3 is 5.97 Å². The molecule has 0 atom stereocenters. The van der Waals surface area contributed by atoms with Crippen molar-refractivity contribution in [3.8, 4) is 0 Å². The highest BCUT2D eigenvalue weighted by atomic mass is 79.9. The predicted octanol–water partition coefficient (Wildman–Crippen LogP) is 4.08. The summed E-state index contributed by atoms with van der Waals surface area (Å²) in [5.74, 6) is -1.46. The molecule has 0 radical (unpaired) electrons. The van der Waals surface area contributed by atoms with E-state index in [1.165, 1.54) is 24.4 Å². The Morgan fingerprint density at radius 2 is 2.16 bits per heavy atom. The second kappa shape index (κ2) is 5.54. The summed E-state index contributed by atoms with van der Waals surface area (Å²) in [6.45, 7) is 0. The minimum absolute atomic E-state index is 0.0225. The summed E-state index contributed by atoms with van der Waals surface area (Å²) in [7, 11) is 0. The highest BCUT2D eigenvalue weighted by molar-refractivity contribution is 9.10. The summed E-state index contributed by atoms with van der Waals surface area (Å²) in [6, 6.07) is 5.69. The van der Waals surface area contributed by atoms with Crippen LogP contribution in [0.25, 0.3) is 0 Å². The Bertz CT molecular complexity index is 652. The summed E-state index contributed by atoms with van der Waals surface area (Å²) in [6.07, 6.45) is 1.20. The van der Waals surface area contributed by atoms with Crippen molar-refractivity contribution in [2.45, 2.75) is 0 Å². The van der Waals surface area contributed by atoms with Gasteiger partial charge in [-0.15, -0.1) is 0 Å². The van der Waals surface area contributed by atoms with Crippen LogP contribution in [0.4, 0.5) is 15.9 Å². The first-order valence-corrected chi connectivity index (χ1v) is 6.25. The van der Waals surface area contributed by atoms with Crippen molar-refractivity contribution in [2.75, 3.05) is 5.32 Å². The molecule has 1 aromatic heterocycles. The van der Waals surface area contributed by atoms with Gasteiger partial charge < -0.3 is 10.4 Å². The first-order valence-electron chi connectivity index (χ1n) is 5.08. The van der Waals surface area contributed by atoms with Gasteiger partial charge in [-0.2, -0.15) is 0 Å². The highest BCUT2D eigenvalue weighted by Crippen LogP contribution is 2.24. The Morgan fingerprint density at radius 3 is 2.79 bits per heavy atom. The average molecular weight is 346 g/mol. The van der Waals surface area contributed by atoms with Gasteiger partial charge in [0, 0.05) is 10.7 Å². The molecule has 1 aromatic carbocycles. The molecule has 0 unspecified atom stereocenters. The van der Waals surface area contributed by atoms with E-state index in [2.05, 4.69) is 26.2 Å². The lowest BCUT2D eigenvalue weighted by molar-refractivity contribution is 0.0697. The smallest absolute Gasteiger partial charge is 0.337 e. The number of aromatic carboxylic acids is 1. The third-order valence-electron chi connectivity index (χ3n) is 2.28. The summed E-state index contributed by atoms with van der Waals surface area (Å²) in [5.41, 5.74) is 0.0889. The zero-order valence-electron chi connectivity index (χ0n) is 9.32. The molecular formula is C12H7BrClFN2O2. The fraction of sp³-hybridized carbons (Fsp3) is 0. The number of halogens is 3. The monoisotopic (exact) mass is 344 g/mol. The van der Waals surface area contributed by atoms with Gasteiger partial charge in [0.25, 0.3) is 0 Å². The third-order valence-corrected chi connectivity index (χ3v) is 3.07. The van der Waals surface area contributed by atoms with Crippen LogP contribution in [0.15, 0.2) is 34.9 Å². The van der Waals surface area contributed by atoms with Crippen LogP contribution in [-0.4, -0.2) is 16.1 Å². The summed E-state index contributed by atoms with van der Waals surface area (Å²) in [5, 5.41) is 11.6. The molecule has 0 aliphatic rings. The Kier molecular flexibility index (Phi) is 4.01. The molecule has 2 aromatic rings. The number of pyridine rings is 1. The maximum atomic E-state index is 13.6. The minimum Gasteiger partial charge on any atom is -0.478 e. The highest BCUT2D eigenvalue weighted by Gasteiger charge is 2.11. The van der Waals surface area contributed by atoms with Crippen LogP contribution in [0, 0.1) is 5.82 Å². The van der Waals surface area contributed by atoms with Crippen LogP contribution < -0.4 is 5.32 Å². The van der Waals surface area contributed by atoms with Crippen molar-refractivity contribution in [1.29, 1.82) is 0 Å². The molecule has 0 saturated carbocycles. The molecule has 19 heavy (non-hydrogen) atoms. The SMILES string of the molecule is O=C(O)c1cc(Nc2ccc(Br)cc2F)ncc1Cl. The van der Waals surface area contributed by atoms with Gasteiger partial charge in [0.15, 0.2) is 0 Å². The number of hydrogen-bond acceptors (Lipinski definition) is 3. The van der Waals surface area contributed by atoms with Gasteiger partial charge in [-0.1, -0.05) is 27.5 Å². The van der Waals surface area contributed by atoms with E-state index in [0.717, 1.165) is 0 Å². The molecular weight excluding hydrogens is 338 g/mol. The Balaban J connectivity index is 2.33. The van der Waals surface area contributed by atoms with Crippen LogP contribution in [0.1, 0.15) is 10.4 Å². The number of carboxylic acids is 1. The van der Waals surface area contributed by atoms with Crippen molar-refractivity contribution in [2.24, 2.45) is 0 Å². The lowest BCUT2D eigenvalue weighted by Crippen LogP contribution is -2.02. The van der Waals surface area contributed by atoms with E-state index in [9.17, 15) is 9.18 Å². The quantitative estimate of drug-likeness (QED) is 0.880. The van der Waals surface area contributed by atoms with Gasteiger partial charge in [0.05, 0.1) is 16.3 Å². The molecule has 0 bridgehead atoms. The number of hydrogen-bond donors (Lipinski definition) is 2. The van der Waals surface area contributed by atoms with Crippen LogP contribution in [0.3, 0.4) is 0 Å². The molecule has 7 heteroatoms. The summed E-state index contributed by atoms with van der Waals surface area (Å²) >= 11 is 8.84. The number of anilines is 2. The fourth-order valence-corrected chi connectivity index (χ4v) is 1.92. The Labute approximate surface area is 121 Å². The Morgan fingerprint density at radius 1 is 1.42 bits per heavy atom. The number of nitrogens with zero attached hydrogens (tertiary/aromatic N) is 1. The molecule has 2 rings (SSSR count). The zero-order chi connectivity index (χ0) is 14.0. The molecule has 4 nitrogen and oxygen atoms in total. The third kappa shape index (κ3) is 3.21. The summed E-state index contributed by atoms with van der Waals surface area (Å²) < 4.78 is 14.2. The number of benzene rings is 1. The minimum atomic E-state index is -1.17. The standard InChI is InChI=1S/C12H7BrClFN2O2/c13-6-1-2-10(9(15)3-6)17-11-4-7(12(18)19)8(14)5-16-11/h1-5H,(H,16,17)(H,18,19). The molecule has 98 valence electrons. The van der Waals surface area contributed by atoms with Gasteiger partial charge in [0.1, 0.15) is 11.6 Å². The van der Waals surface area contributed by atoms with Gasteiger partial charge in [-0.3, -0.25) is 0 Å². The predicted molar refractivity (Wildman–Crippen MR) is 73.6 cm³/mol. The lowest BCUT2D eigenvalue weighted by Gasteiger charge is -2.08. The Hall–Kier alpha value is -1.66. The first-order chi connectivity index (χ1) is 8.97. The van der Waals surface area contributed by atoms with Crippen LogP contribution in [0.5, 0.6) is 0 Å². The molecule has 0 fully saturated rings. The maximum absolute atomic E-state index is 13.6. The molecule has 0 aliphatic carbocycles. The van der Waals surface area contributed by atoms with E-state index >= 15 is 0 Å². The van der Waals surface area contributed by atoms with E-state index in [1.54, 1.807) is 6.07 Å². The van der Waals surface area contributed by atoms with Crippen molar-refractivity contribution >= 4 is 45.0 Å². The number of carbonyl (C=O) groups is 1. The van der Waals surface area contributed by atoms with E-state index < -0.39 is 11.8 Å². The number of aromatic nitrogens is 1. The molecule has 0 aliphatic heterocycles. The number of nitrogens with one attached hydrogen (secondary N) is 1. The van der Waals surface area contributed by atoms with Crippen molar-refractivity contribution < 1.29 is 14.3 Å². The fourth-order valence-electron chi connectivity index (χ4n) is 1.40. The maximum Gasteiger partial charge on any atom is 0.337 e. The lowest BCUT2D eigenvalue weighted by atomic mass is 10.2. The first kappa shape index (κ1) is 13.8. The second-order valence-electron chi connectivity index (χ2n) is 3.60. The van der Waals surface area contributed by atoms with E-state index in [1.807, 2.05) is 0 Å². The molecule has 0 spiro atoms. The van der Waals surface area contributed by atoms with Gasteiger partial charge in [-0.05, 0) is 24.3 Å². The normalized spacial score (nSPS) is 10.3. The molecule has 0 amide bonds. The molecule has 2 N–H and O–H groups in total. The number of rotatable bonds is 3. The van der Waals surface area contributed by atoms with Crippen LogP contribution in [-0.2, 0) is 0 Å². The zero-order valence-corrected chi connectivity index (χ0v) is 11.7. The largest absolute Gasteiger partial charge is 0.478 e. The van der Waals surface area contributed by atoms with Crippen LogP contribution >= 0.6 is 27.5 Å². The average Bonchev–Trinajstić information content (AvgIpc) is 2.34. The number of carboxylic acid groups (broad SMARTS) is 1. The van der Waals surface area contributed by atoms with Gasteiger partial charge in [0.2, 0.25) is 0 Å². The van der Waals surface area contributed by atoms with E-state index in [0.29, 0.717) is 4.47 Å². The molecule has 1 heterocycles. The van der Waals surface area contributed by atoms with Crippen LogP contribution in [0.2, 0.25) is 5.02 Å².